The van der Waals surface area contributed by atoms with E-state index in [2.05, 4.69) is 6.92 Å². The lowest BCUT2D eigenvalue weighted by Gasteiger charge is -2.08. The van der Waals surface area contributed by atoms with Crippen LogP contribution in [-0.2, 0) is 4.79 Å². The van der Waals surface area contributed by atoms with Crippen molar-refractivity contribution in [3.63, 3.8) is 0 Å². The highest BCUT2D eigenvalue weighted by molar-refractivity contribution is 5.66. The Hall–Kier alpha value is -0.570. The topological polar surface area (TPSA) is 57.5 Å². The summed E-state index contributed by atoms with van der Waals surface area (Å²) in [4.78, 5) is 10.3. The number of aliphatic hydroxyl groups is 1. The van der Waals surface area contributed by atoms with Crippen molar-refractivity contribution in [3.8, 4) is 0 Å². The summed E-state index contributed by atoms with van der Waals surface area (Å²) in [7, 11) is 0. The number of rotatable bonds is 16. The van der Waals surface area contributed by atoms with E-state index in [1.807, 2.05) is 0 Å². The van der Waals surface area contributed by atoms with Crippen LogP contribution >= 0.6 is 0 Å². The van der Waals surface area contributed by atoms with Crippen molar-refractivity contribution in [2.45, 2.75) is 109 Å². The molecule has 3 heteroatoms. The van der Waals surface area contributed by atoms with E-state index in [0.29, 0.717) is 6.42 Å². The van der Waals surface area contributed by atoms with Crippen LogP contribution in [0.1, 0.15) is 103 Å². The summed E-state index contributed by atoms with van der Waals surface area (Å²) in [6.45, 7) is 2.12. The van der Waals surface area contributed by atoms with E-state index in [-0.39, 0.29) is 6.10 Å². The van der Waals surface area contributed by atoms with E-state index >= 15 is 0 Å². The minimum Gasteiger partial charge on any atom is -0.481 e. The Bertz CT molecular complexity index is 229. The van der Waals surface area contributed by atoms with Gasteiger partial charge in [-0.1, -0.05) is 77.6 Å². The molecule has 0 heterocycles. The molecule has 126 valence electrons. The zero-order valence-corrected chi connectivity index (χ0v) is 14.0. The van der Waals surface area contributed by atoms with Gasteiger partial charge in [-0.25, -0.2) is 0 Å². The van der Waals surface area contributed by atoms with Crippen LogP contribution in [0.15, 0.2) is 0 Å². The fraction of sp³-hybridized carbons (Fsp3) is 0.944. The molecule has 0 aliphatic heterocycles. The Labute approximate surface area is 131 Å². The van der Waals surface area contributed by atoms with Crippen LogP contribution < -0.4 is 0 Å². The monoisotopic (exact) mass is 300 g/mol. The van der Waals surface area contributed by atoms with Gasteiger partial charge in [0.25, 0.3) is 0 Å². The minimum absolute atomic E-state index is 0.0730. The molecule has 0 fully saturated rings. The normalized spacial score (nSPS) is 12.5. The maximum Gasteiger partial charge on any atom is 0.303 e. The molecule has 21 heavy (non-hydrogen) atoms. The average Bonchev–Trinajstić information content (AvgIpc) is 2.44. The van der Waals surface area contributed by atoms with Gasteiger partial charge < -0.3 is 10.2 Å². The molecule has 1 unspecified atom stereocenters. The molecule has 0 saturated carbocycles. The van der Waals surface area contributed by atoms with E-state index in [1.165, 1.54) is 57.8 Å². The zero-order chi connectivity index (χ0) is 15.8. The summed E-state index contributed by atoms with van der Waals surface area (Å²) in [5.74, 6) is -0.669. The first-order valence-corrected chi connectivity index (χ1v) is 9.06. The van der Waals surface area contributed by atoms with Gasteiger partial charge in [0.05, 0.1) is 6.10 Å². The molecule has 2 N–H and O–H groups in total. The summed E-state index contributed by atoms with van der Waals surface area (Å²) >= 11 is 0. The fourth-order valence-electron chi connectivity index (χ4n) is 2.72. The molecule has 0 rings (SSSR count). The van der Waals surface area contributed by atoms with Gasteiger partial charge in [-0.15, -0.1) is 0 Å². The van der Waals surface area contributed by atoms with Gasteiger partial charge in [-0.2, -0.15) is 0 Å². The Balaban J connectivity index is 3.04. The molecule has 0 spiro atoms. The second kappa shape index (κ2) is 15.8. The lowest BCUT2D eigenvalue weighted by molar-refractivity contribution is -0.137. The van der Waals surface area contributed by atoms with Crippen molar-refractivity contribution in [2.75, 3.05) is 0 Å². The highest BCUT2D eigenvalue weighted by atomic mass is 16.4. The molecule has 0 bridgehead atoms. The molecule has 3 nitrogen and oxygen atoms in total. The molecule has 1 atom stereocenters. The predicted octanol–water partition coefficient (Wildman–Crippen LogP) is 5.30. The van der Waals surface area contributed by atoms with Crippen LogP contribution in [0.3, 0.4) is 0 Å². The van der Waals surface area contributed by atoms with Gasteiger partial charge in [-0.3, -0.25) is 4.79 Å². The van der Waals surface area contributed by atoms with Gasteiger partial charge in [0.15, 0.2) is 0 Å². The van der Waals surface area contributed by atoms with E-state index in [4.69, 9.17) is 5.11 Å². The molecule has 0 aromatic heterocycles. The summed E-state index contributed by atoms with van der Waals surface area (Å²) in [6.07, 6.45) is 16.6. The maximum atomic E-state index is 10.3. The van der Waals surface area contributed by atoms with Crippen molar-refractivity contribution in [1.29, 1.82) is 0 Å². The maximum absolute atomic E-state index is 10.3. The van der Waals surface area contributed by atoms with E-state index in [9.17, 15) is 9.90 Å². The predicted molar refractivity (Wildman–Crippen MR) is 88.6 cm³/mol. The lowest BCUT2D eigenvalue weighted by atomic mass is 10.0. The minimum atomic E-state index is -0.669. The van der Waals surface area contributed by atoms with Crippen LogP contribution in [-0.4, -0.2) is 22.3 Å². The average molecular weight is 300 g/mol. The van der Waals surface area contributed by atoms with Crippen LogP contribution in [0.2, 0.25) is 0 Å². The van der Waals surface area contributed by atoms with Gasteiger partial charge >= 0.3 is 5.97 Å². The van der Waals surface area contributed by atoms with Crippen LogP contribution in [0, 0.1) is 0 Å². The van der Waals surface area contributed by atoms with Crippen molar-refractivity contribution in [3.05, 3.63) is 0 Å². The number of aliphatic hydroxyl groups excluding tert-OH is 1. The first-order valence-electron chi connectivity index (χ1n) is 9.06. The molecule has 0 aromatic rings. The van der Waals surface area contributed by atoms with Gasteiger partial charge in [0.1, 0.15) is 0 Å². The number of carboxylic acids is 1. The number of hydrogen-bond donors (Lipinski definition) is 2. The van der Waals surface area contributed by atoms with Crippen molar-refractivity contribution >= 4 is 5.97 Å². The molecule has 0 amide bonds. The Kier molecular flexibility index (Phi) is 15.4. The Morgan fingerprint density at radius 3 is 1.62 bits per heavy atom. The van der Waals surface area contributed by atoms with E-state index in [0.717, 1.165) is 32.1 Å². The third-order valence-corrected chi connectivity index (χ3v) is 4.05. The third-order valence-electron chi connectivity index (χ3n) is 4.05. The number of carbonyl (C=O) groups is 1. The largest absolute Gasteiger partial charge is 0.481 e. The molecule has 0 aliphatic carbocycles. The molecule has 0 saturated heterocycles. The Morgan fingerprint density at radius 1 is 0.762 bits per heavy atom. The SMILES string of the molecule is CCCC(O)CCCCCCCCCCCCCC(=O)O. The molecule has 0 aliphatic rings. The van der Waals surface area contributed by atoms with Gasteiger partial charge in [0.2, 0.25) is 0 Å². The number of aliphatic carboxylic acids is 1. The number of carboxylic acid groups (broad SMARTS) is 1. The second-order valence-corrected chi connectivity index (χ2v) is 6.26. The Morgan fingerprint density at radius 2 is 1.19 bits per heavy atom. The smallest absolute Gasteiger partial charge is 0.303 e. The standard InChI is InChI=1S/C18H36O3/c1-2-14-17(19)15-12-10-8-6-4-3-5-7-9-11-13-16-18(20)21/h17,19H,2-16H2,1H3,(H,20,21). The summed E-state index contributed by atoms with van der Waals surface area (Å²) in [6, 6.07) is 0. The quantitative estimate of drug-likeness (QED) is 0.380. The molecule has 0 radical (unpaired) electrons. The molecular formula is C18H36O3. The lowest BCUT2D eigenvalue weighted by Crippen LogP contribution is -2.04. The summed E-state index contributed by atoms with van der Waals surface area (Å²) < 4.78 is 0. The molecular weight excluding hydrogens is 264 g/mol. The van der Waals surface area contributed by atoms with Gasteiger partial charge in [0, 0.05) is 6.42 Å². The zero-order valence-electron chi connectivity index (χ0n) is 14.0. The number of hydrogen-bond acceptors (Lipinski definition) is 2. The highest BCUT2D eigenvalue weighted by Crippen LogP contribution is 2.13. The van der Waals surface area contributed by atoms with Crippen LogP contribution in [0.5, 0.6) is 0 Å². The van der Waals surface area contributed by atoms with E-state index in [1.54, 1.807) is 0 Å². The van der Waals surface area contributed by atoms with Crippen molar-refractivity contribution in [2.24, 2.45) is 0 Å². The van der Waals surface area contributed by atoms with Crippen LogP contribution in [0.25, 0.3) is 0 Å². The molecule has 0 aromatic carbocycles. The number of unbranched alkanes of at least 4 members (excludes halogenated alkanes) is 10. The summed E-state index contributed by atoms with van der Waals surface area (Å²) in [5.41, 5.74) is 0. The highest BCUT2D eigenvalue weighted by Gasteiger charge is 2.01. The van der Waals surface area contributed by atoms with Gasteiger partial charge in [-0.05, 0) is 19.3 Å². The fourth-order valence-corrected chi connectivity index (χ4v) is 2.72. The summed E-state index contributed by atoms with van der Waals surface area (Å²) in [5, 5.41) is 18.1. The van der Waals surface area contributed by atoms with Crippen molar-refractivity contribution < 1.29 is 15.0 Å². The first kappa shape index (κ1) is 20.4. The van der Waals surface area contributed by atoms with Crippen LogP contribution in [0.4, 0.5) is 0 Å². The van der Waals surface area contributed by atoms with Crippen molar-refractivity contribution in [1.82, 2.24) is 0 Å². The van der Waals surface area contributed by atoms with E-state index < -0.39 is 5.97 Å². The third kappa shape index (κ3) is 17.4. The second-order valence-electron chi connectivity index (χ2n) is 6.26. The first-order chi connectivity index (χ1) is 10.2.